The maximum absolute atomic E-state index is 12.4. The Labute approximate surface area is 169 Å². The van der Waals surface area contributed by atoms with E-state index < -0.39 is 0 Å². The third kappa shape index (κ3) is 3.65. The molecule has 0 aliphatic heterocycles. The molecule has 7 heteroatoms. The molecule has 0 bridgehead atoms. The molecule has 4 nitrogen and oxygen atoms in total. The van der Waals surface area contributed by atoms with Crippen LogP contribution in [0.2, 0.25) is 15.1 Å². The van der Waals surface area contributed by atoms with Crippen LogP contribution in [0, 0.1) is 0 Å². The molecular formula is C20H11Cl3N2O2. The number of carbonyl (C=O) groups is 1. The first-order chi connectivity index (χ1) is 13.0. The van der Waals surface area contributed by atoms with Crippen LogP contribution in [0.25, 0.3) is 22.6 Å². The van der Waals surface area contributed by atoms with E-state index in [9.17, 15) is 4.79 Å². The van der Waals surface area contributed by atoms with Gasteiger partial charge in [0.15, 0.2) is 5.58 Å². The molecule has 1 aromatic heterocycles. The smallest absolute Gasteiger partial charge is 0.257 e. The second kappa shape index (κ2) is 7.24. The van der Waals surface area contributed by atoms with E-state index in [1.807, 2.05) is 6.07 Å². The van der Waals surface area contributed by atoms with Gasteiger partial charge in [-0.3, -0.25) is 4.79 Å². The Balaban J connectivity index is 1.66. The highest BCUT2D eigenvalue weighted by Gasteiger charge is 2.14. The molecular weight excluding hydrogens is 407 g/mol. The van der Waals surface area contributed by atoms with Crippen molar-refractivity contribution in [3.8, 4) is 11.5 Å². The first-order valence-corrected chi connectivity index (χ1v) is 9.06. The predicted molar refractivity (Wildman–Crippen MR) is 109 cm³/mol. The van der Waals surface area contributed by atoms with Gasteiger partial charge in [0.05, 0.1) is 15.6 Å². The summed E-state index contributed by atoms with van der Waals surface area (Å²) in [5, 5.41) is 4.08. The van der Waals surface area contributed by atoms with Gasteiger partial charge < -0.3 is 9.73 Å². The van der Waals surface area contributed by atoms with Crippen molar-refractivity contribution in [1.29, 1.82) is 0 Å². The Hall–Kier alpha value is -2.53. The molecule has 1 amide bonds. The summed E-state index contributed by atoms with van der Waals surface area (Å²) in [6, 6.07) is 17.3. The normalized spacial score (nSPS) is 10.9. The first kappa shape index (κ1) is 17.9. The number of hydrogen-bond acceptors (Lipinski definition) is 3. The van der Waals surface area contributed by atoms with E-state index in [0.717, 1.165) is 0 Å². The molecule has 0 spiro atoms. The van der Waals surface area contributed by atoms with Crippen LogP contribution in [0.4, 0.5) is 5.69 Å². The van der Waals surface area contributed by atoms with Crippen LogP contribution < -0.4 is 5.32 Å². The van der Waals surface area contributed by atoms with E-state index in [1.165, 1.54) is 0 Å². The average Bonchev–Trinajstić information content (AvgIpc) is 3.06. The maximum atomic E-state index is 12.4. The van der Waals surface area contributed by atoms with Crippen molar-refractivity contribution in [1.82, 2.24) is 4.98 Å². The molecule has 4 rings (SSSR count). The van der Waals surface area contributed by atoms with Crippen LogP contribution in [0.15, 0.2) is 65.1 Å². The van der Waals surface area contributed by atoms with Crippen molar-refractivity contribution in [2.75, 3.05) is 5.32 Å². The molecule has 0 saturated heterocycles. The number of rotatable bonds is 3. The highest BCUT2D eigenvalue weighted by atomic mass is 35.5. The maximum Gasteiger partial charge on any atom is 0.257 e. The molecule has 1 heterocycles. The Morgan fingerprint density at radius 3 is 2.56 bits per heavy atom. The first-order valence-electron chi connectivity index (χ1n) is 7.93. The van der Waals surface area contributed by atoms with Crippen LogP contribution in [0.5, 0.6) is 0 Å². The quantitative estimate of drug-likeness (QED) is 0.403. The van der Waals surface area contributed by atoms with E-state index in [1.54, 1.807) is 54.6 Å². The van der Waals surface area contributed by atoms with E-state index in [0.29, 0.717) is 48.9 Å². The minimum atomic E-state index is -0.301. The van der Waals surface area contributed by atoms with Crippen molar-refractivity contribution in [2.24, 2.45) is 0 Å². The van der Waals surface area contributed by atoms with Gasteiger partial charge in [-0.15, -0.1) is 0 Å². The Morgan fingerprint density at radius 2 is 1.74 bits per heavy atom. The number of amides is 1. The van der Waals surface area contributed by atoms with Gasteiger partial charge in [-0.25, -0.2) is 4.98 Å². The Morgan fingerprint density at radius 1 is 0.926 bits per heavy atom. The summed E-state index contributed by atoms with van der Waals surface area (Å²) >= 11 is 18.2. The van der Waals surface area contributed by atoms with Crippen molar-refractivity contribution < 1.29 is 9.21 Å². The van der Waals surface area contributed by atoms with E-state index >= 15 is 0 Å². The lowest BCUT2D eigenvalue weighted by Gasteiger charge is -2.07. The monoisotopic (exact) mass is 416 g/mol. The third-order valence-corrected chi connectivity index (χ3v) is 4.72. The number of oxazole rings is 1. The van der Waals surface area contributed by atoms with Crippen LogP contribution >= 0.6 is 34.8 Å². The lowest BCUT2D eigenvalue weighted by Crippen LogP contribution is -2.12. The number of benzene rings is 3. The van der Waals surface area contributed by atoms with Gasteiger partial charge in [0.1, 0.15) is 5.52 Å². The zero-order valence-electron chi connectivity index (χ0n) is 13.7. The molecule has 0 aliphatic rings. The molecule has 4 aromatic rings. The van der Waals surface area contributed by atoms with Gasteiger partial charge in [0.2, 0.25) is 5.89 Å². The average molecular weight is 418 g/mol. The molecule has 0 aliphatic carbocycles. The summed E-state index contributed by atoms with van der Waals surface area (Å²) in [5.74, 6) is 0.0770. The van der Waals surface area contributed by atoms with Gasteiger partial charge in [-0.2, -0.15) is 0 Å². The van der Waals surface area contributed by atoms with E-state index in [4.69, 9.17) is 39.2 Å². The SMILES string of the molecule is O=C(Nc1cccc(-c2nc3cc(Cl)cc(Cl)c3o2)c1)c1ccccc1Cl. The standard InChI is InChI=1S/C20H11Cl3N2O2/c21-12-9-16(23)18-17(10-12)25-20(27-18)11-4-3-5-13(8-11)24-19(26)14-6-1-2-7-15(14)22/h1-10H,(H,24,26). The fourth-order valence-electron chi connectivity index (χ4n) is 2.66. The number of hydrogen-bond donors (Lipinski definition) is 1. The number of carbonyl (C=O) groups excluding carboxylic acids is 1. The van der Waals surface area contributed by atoms with E-state index in [2.05, 4.69) is 10.3 Å². The summed E-state index contributed by atoms with van der Waals surface area (Å²) in [6.07, 6.45) is 0. The Kier molecular flexibility index (Phi) is 4.79. The number of anilines is 1. The molecule has 3 aromatic carbocycles. The lowest BCUT2D eigenvalue weighted by atomic mass is 10.1. The summed E-state index contributed by atoms with van der Waals surface area (Å²) in [4.78, 5) is 16.9. The van der Waals surface area contributed by atoms with E-state index in [-0.39, 0.29) is 5.91 Å². The molecule has 134 valence electrons. The van der Waals surface area contributed by atoms with Crippen LogP contribution in [0.3, 0.4) is 0 Å². The fourth-order valence-corrected chi connectivity index (χ4v) is 3.40. The lowest BCUT2D eigenvalue weighted by molar-refractivity contribution is 0.102. The molecule has 0 saturated carbocycles. The molecule has 27 heavy (non-hydrogen) atoms. The topological polar surface area (TPSA) is 55.1 Å². The molecule has 0 radical (unpaired) electrons. The molecule has 0 unspecified atom stereocenters. The minimum absolute atomic E-state index is 0.301. The van der Waals surface area contributed by atoms with Gasteiger partial charge in [0.25, 0.3) is 5.91 Å². The summed E-state index contributed by atoms with van der Waals surface area (Å²) in [6.45, 7) is 0. The number of halogens is 3. The summed E-state index contributed by atoms with van der Waals surface area (Å²) < 4.78 is 5.77. The highest BCUT2D eigenvalue weighted by molar-refractivity contribution is 6.38. The van der Waals surface area contributed by atoms with Crippen molar-refractivity contribution >= 4 is 57.5 Å². The fraction of sp³-hybridized carbons (Fsp3) is 0. The number of nitrogens with zero attached hydrogens (tertiary/aromatic N) is 1. The largest absolute Gasteiger partial charge is 0.435 e. The van der Waals surface area contributed by atoms with Crippen LogP contribution in [0.1, 0.15) is 10.4 Å². The van der Waals surface area contributed by atoms with Gasteiger partial charge in [-0.05, 0) is 42.5 Å². The number of nitrogens with one attached hydrogen (secondary N) is 1. The Bertz CT molecular complexity index is 1170. The zero-order valence-corrected chi connectivity index (χ0v) is 15.9. The van der Waals surface area contributed by atoms with Crippen LogP contribution in [-0.4, -0.2) is 10.9 Å². The summed E-state index contributed by atoms with van der Waals surface area (Å²) in [7, 11) is 0. The second-order valence-corrected chi connectivity index (χ2v) is 7.02. The molecule has 1 N–H and O–H groups in total. The highest BCUT2D eigenvalue weighted by Crippen LogP contribution is 2.32. The van der Waals surface area contributed by atoms with Crippen molar-refractivity contribution in [2.45, 2.75) is 0 Å². The predicted octanol–water partition coefficient (Wildman–Crippen LogP) is 6.71. The van der Waals surface area contributed by atoms with Crippen molar-refractivity contribution in [3.63, 3.8) is 0 Å². The van der Waals surface area contributed by atoms with Gasteiger partial charge in [0, 0.05) is 16.3 Å². The molecule has 0 fully saturated rings. The number of aromatic nitrogens is 1. The second-order valence-electron chi connectivity index (χ2n) is 5.77. The summed E-state index contributed by atoms with van der Waals surface area (Å²) in [5.41, 5.74) is 2.70. The van der Waals surface area contributed by atoms with Gasteiger partial charge in [-0.1, -0.05) is 53.0 Å². The third-order valence-electron chi connectivity index (χ3n) is 3.90. The minimum Gasteiger partial charge on any atom is -0.435 e. The molecule has 0 atom stereocenters. The van der Waals surface area contributed by atoms with Crippen LogP contribution in [-0.2, 0) is 0 Å². The number of fused-ring (bicyclic) bond motifs is 1. The zero-order chi connectivity index (χ0) is 19.0. The van der Waals surface area contributed by atoms with Crippen molar-refractivity contribution in [3.05, 3.63) is 81.3 Å². The van der Waals surface area contributed by atoms with Gasteiger partial charge >= 0.3 is 0 Å².